The van der Waals surface area contributed by atoms with Gasteiger partial charge < -0.3 is 0 Å². The minimum Gasteiger partial charge on any atom is -0.289 e. The zero-order valence-corrected chi connectivity index (χ0v) is 13.6. The third-order valence-corrected chi connectivity index (χ3v) is 4.62. The Balaban J connectivity index is 2.10. The van der Waals surface area contributed by atoms with E-state index in [9.17, 15) is 4.79 Å². The van der Waals surface area contributed by atoms with E-state index in [0.717, 1.165) is 37.5 Å². The molecule has 1 nitrogen and oxygen atoms in total. The van der Waals surface area contributed by atoms with Crippen molar-refractivity contribution in [1.29, 1.82) is 0 Å². The largest absolute Gasteiger partial charge is 0.289 e. The molecule has 0 radical (unpaired) electrons. The monoisotopic (exact) mass is 338 g/mol. The maximum atomic E-state index is 12.8. The van der Waals surface area contributed by atoms with E-state index in [1.165, 1.54) is 0 Å². The van der Waals surface area contributed by atoms with Gasteiger partial charge in [0.2, 0.25) is 0 Å². The summed E-state index contributed by atoms with van der Waals surface area (Å²) in [6.45, 7) is 3.97. The fourth-order valence-corrected chi connectivity index (χ4v) is 2.97. The van der Waals surface area contributed by atoms with Crippen LogP contribution in [-0.2, 0) is 0 Å². The highest BCUT2D eigenvalue weighted by molar-refractivity contribution is 9.10. The molecule has 0 unspecified atom stereocenters. The average Bonchev–Trinajstić information content (AvgIpc) is 2.50. The predicted molar refractivity (Wildman–Crippen MR) is 91.0 cm³/mol. The minimum atomic E-state index is 0.0776. The van der Waals surface area contributed by atoms with E-state index in [-0.39, 0.29) is 5.78 Å². The van der Waals surface area contributed by atoms with Gasteiger partial charge in [0.05, 0.1) is 0 Å². The average molecular weight is 339 g/mol. The Hall–Kier alpha value is -1.93. The highest BCUT2D eigenvalue weighted by Crippen LogP contribution is 2.24. The Morgan fingerprint density at radius 1 is 0.857 bits per heavy atom. The maximum Gasteiger partial charge on any atom is 0.193 e. The first-order valence-corrected chi connectivity index (χ1v) is 7.66. The second-order valence-electron chi connectivity index (χ2n) is 5.31. The van der Waals surface area contributed by atoms with Crippen LogP contribution in [-0.4, -0.2) is 5.78 Å². The van der Waals surface area contributed by atoms with E-state index in [0.29, 0.717) is 0 Å². The summed E-state index contributed by atoms with van der Waals surface area (Å²) in [5, 5.41) is 2.24. The lowest BCUT2D eigenvalue weighted by Gasteiger charge is -2.09. The number of carbonyl (C=O) groups excluding carboxylic acids is 1. The molecule has 0 aliphatic heterocycles. The summed E-state index contributed by atoms with van der Waals surface area (Å²) >= 11 is 3.51. The Kier molecular flexibility index (Phi) is 3.64. The molecule has 0 amide bonds. The van der Waals surface area contributed by atoms with E-state index in [1.807, 2.05) is 62.4 Å². The van der Waals surface area contributed by atoms with Gasteiger partial charge in [-0.05, 0) is 53.9 Å². The third-order valence-electron chi connectivity index (χ3n) is 3.76. The van der Waals surface area contributed by atoms with Gasteiger partial charge in [0, 0.05) is 15.6 Å². The van der Waals surface area contributed by atoms with Crippen LogP contribution < -0.4 is 0 Å². The third kappa shape index (κ3) is 2.64. The molecule has 104 valence electrons. The van der Waals surface area contributed by atoms with Crippen LogP contribution in [0.25, 0.3) is 10.8 Å². The Morgan fingerprint density at radius 3 is 2.33 bits per heavy atom. The van der Waals surface area contributed by atoms with Crippen molar-refractivity contribution in [2.75, 3.05) is 0 Å². The number of rotatable bonds is 2. The van der Waals surface area contributed by atoms with E-state index in [2.05, 4.69) is 22.0 Å². The molecular weight excluding hydrogens is 324 g/mol. The standard InChI is InChI=1S/C19H15BrO/c1-12-10-18(20)13(2)9-17(12)19(21)16-8-7-14-5-3-4-6-15(14)11-16/h3-11H,1-2H3. The van der Waals surface area contributed by atoms with Crippen LogP contribution in [0.4, 0.5) is 0 Å². The van der Waals surface area contributed by atoms with Crippen molar-refractivity contribution in [1.82, 2.24) is 0 Å². The van der Waals surface area contributed by atoms with Crippen LogP contribution >= 0.6 is 15.9 Å². The zero-order valence-electron chi connectivity index (χ0n) is 12.0. The van der Waals surface area contributed by atoms with Crippen molar-refractivity contribution in [2.45, 2.75) is 13.8 Å². The number of hydrogen-bond acceptors (Lipinski definition) is 1. The Bertz CT molecular complexity index is 849. The highest BCUT2D eigenvalue weighted by Gasteiger charge is 2.13. The smallest absolute Gasteiger partial charge is 0.193 e. The number of halogens is 1. The summed E-state index contributed by atoms with van der Waals surface area (Å²) in [5.74, 6) is 0.0776. The number of aryl methyl sites for hydroxylation is 2. The molecule has 0 aromatic heterocycles. The van der Waals surface area contributed by atoms with Gasteiger partial charge in [-0.2, -0.15) is 0 Å². The topological polar surface area (TPSA) is 17.1 Å². The van der Waals surface area contributed by atoms with Gasteiger partial charge in [0.25, 0.3) is 0 Å². The molecule has 0 saturated heterocycles. The van der Waals surface area contributed by atoms with E-state index in [1.54, 1.807) is 0 Å². The summed E-state index contributed by atoms with van der Waals surface area (Å²) in [5.41, 5.74) is 3.57. The first kappa shape index (κ1) is 14.0. The molecule has 2 heteroatoms. The highest BCUT2D eigenvalue weighted by atomic mass is 79.9. The van der Waals surface area contributed by atoms with Crippen LogP contribution in [0.3, 0.4) is 0 Å². The quantitative estimate of drug-likeness (QED) is 0.568. The second-order valence-corrected chi connectivity index (χ2v) is 6.16. The van der Waals surface area contributed by atoms with Crippen LogP contribution in [0.1, 0.15) is 27.0 Å². The lowest BCUT2D eigenvalue weighted by atomic mass is 9.96. The molecule has 0 saturated carbocycles. The van der Waals surface area contributed by atoms with Crippen molar-refractivity contribution in [3.63, 3.8) is 0 Å². The predicted octanol–water partition coefficient (Wildman–Crippen LogP) is 5.45. The van der Waals surface area contributed by atoms with Gasteiger partial charge in [0.1, 0.15) is 0 Å². The summed E-state index contributed by atoms with van der Waals surface area (Å²) in [4.78, 5) is 12.8. The van der Waals surface area contributed by atoms with Crippen LogP contribution in [0.2, 0.25) is 0 Å². The van der Waals surface area contributed by atoms with Crippen molar-refractivity contribution >= 4 is 32.5 Å². The number of ketones is 1. The molecule has 0 aliphatic rings. The number of fused-ring (bicyclic) bond motifs is 1. The van der Waals surface area contributed by atoms with Crippen molar-refractivity contribution in [3.05, 3.63) is 81.3 Å². The fraction of sp³-hybridized carbons (Fsp3) is 0.105. The van der Waals surface area contributed by atoms with Crippen LogP contribution in [0.5, 0.6) is 0 Å². The molecule has 0 spiro atoms. The number of hydrogen-bond donors (Lipinski definition) is 0. The lowest BCUT2D eigenvalue weighted by molar-refractivity contribution is 0.103. The molecule has 0 N–H and O–H groups in total. The van der Waals surface area contributed by atoms with E-state index >= 15 is 0 Å². The van der Waals surface area contributed by atoms with Crippen molar-refractivity contribution < 1.29 is 4.79 Å². The molecule has 3 aromatic rings. The minimum absolute atomic E-state index is 0.0776. The lowest BCUT2D eigenvalue weighted by Crippen LogP contribution is -2.04. The molecule has 0 fully saturated rings. The van der Waals surface area contributed by atoms with Gasteiger partial charge in [-0.25, -0.2) is 0 Å². The molecule has 3 aromatic carbocycles. The van der Waals surface area contributed by atoms with Gasteiger partial charge >= 0.3 is 0 Å². The van der Waals surface area contributed by atoms with Gasteiger partial charge in [-0.3, -0.25) is 4.79 Å². The zero-order chi connectivity index (χ0) is 15.0. The van der Waals surface area contributed by atoms with Gasteiger partial charge in [-0.1, -0.05) is 52.3 Å². The second kappa shape index (κ2) is 5.45. The van der Waals surface area contributed by atoms with E-state index < -0.39 is 0 Å². The molecule has 0 atom stereocenters. The van der Waals surface area contributed by atoms with Crippen molar-refractivity contribution in [3.8, 4) is 0 Å². The number of carbonyl (C=O) groups is 1. The Labute approximate surface area is 132 Å². The summed E-state index contributed by atoms with van der Waals surface area (Å²) < 4.78 is 1.04. The van der Waals surface area contributed by atoms with E-state index in [4.69, 9.17) is 0 Å². The van der Waals surface area contributed by atoms with Crippen molar-refractivity contribution in [2.24, 2.45) is 0 Å². The van der Waals surface area contributed by atoms with Crippen LogP contribution in [0.15, 0.2) is 59.1 Å². The number of benzene rings is 3. The summed E-state index contributed by atoms with van der Waals surface area (Å²) in [7, 11) is 0. The molecular formula is C19H15BrO. The molecule has 0 aliphatic carbocycles. The first-order chi connectivity index (χ1) is 10.1. The fourth-order valence-electron chi connectivity index (χ4n) is 2.51. The SMILES string of the molecule is Cc1cc(C(=O)c2ccc3ccccc3c2)c(C)cc1Br. The van der Waals surface area contributed by atoms with Gasteiger partial charge in [-0.15, -0.1) is 0 Å². The summed E-state index contributed by atoms with van der Waals surface area (Å²) in [6.07, 6.45) is 0. The molecule has 21 heavy (non-hydrogen) atoms. The first-order valence-electron chi connectivity index (χ1n) is 6.86. The molecule has 3 rings (SSSR count). The Morgan fingerprint density at radius 2 is 1.57 bits per heavy atom. The molecule has 0 bridgehead atoms. The normalized spacial score (nSPS) is 10.8. The maximum absolute atomic E-state index is 12.8. The molecule has 0 heterocycles. The summed E-state index contributed by atoms with van der Waals surface area (Å²) in [6, 6.07) is 17.9. The van der Waals surface area contributed by atoms with Crippen LogP contribution in [0, 0.1) is 13.8 Å². The van der Waals surface area contributed by atoms with Gasteiger partial charge in [0.15, 0.2) is 5.78 Å².